The van der Waals surface area contributed by atoms with Crippen molar-refractivity contribution in [1.29, 1.82) is 0 Å². The zero-order valence-electron chi connectivity index (χ0n) is 13.0. The summed E-state index contributed by atoms with van der Waals surface area (Å²) in [5.41, 5.74) is 1.51. The van der Waals surface area contributed by atoms with Crippen LogP contribution in [0.15, 0.2) is 33.5 Å². The number of piperidine rings is 1. The molecule has 0 bridgehead atoms. The van der Waals surface area contributed by atoms with Gasteiger partial charge < -0.3 is 9.73 Å². The van der Waals surface area contributed by atoms with Crippen LogP contribution in [-0.2, 0) is 4.79 Å². The normalized spacial score (nSPS) is 20.0. The molecule has 1 aliphatic carbocycles. The molecule has 2 aromatic rings. The van der Waals surface area contributed by atoms with Crippen LogP contribution in [0.1, 0.15) is 31.7 Å². The van der Waals surface area contributed by atoms with Crippen molar-refractivity contribution in [2.45, 2.75) is 37.8 Å². The third-order valence-electron chi connectivity index (χ3n) is 4.75. The lowest BCUT2D eigenvalue weighted by atomic mass is 10.0. The number of para-hydroxylation sites is 2. The Morgan fingerprint density at radius 1 is 1.17 bits per heavy atom. The van der Waals surface area contributed by atoms with Crippen molar-refractivity contribution in [1.82, 2.24) is 14.8 Å². The molecule has 122 valence electrons. The number of carbonyl (C=O) groups excluding carboxylic acids is 1. The minimum absolute atomic E-state index is 0.122. The highest BCUT2D eigenvalue weighted by atomic mass is 16.4. The number of likely N-dealkylation sites (tertiary alicyclic amines) is 1. The summed E-state index contributed by atoms with van der Waals surface area (Å²) in [5.74, 6) is -0.159. The third-order valence-corrected chi connectivity index (χ3v) is 4.75. The minimum atomic E-state index is -0.281. The Balaban J connectivity index is 1.41. The maximum Gasteiger partial charge on any atom is 0.420 e. The van der Waals surface area contributed by atoms with Gasteiger partial charge in [0, 0.05) is 25.2 Å². The predicted molar refractivity (Wildman–Crippen MR) is 86.3 cm³/mol. The SMILES string of the molecule is O=C(CN1CCC(n2c(=O)oc3ccccc32)CC1)NC1CC1. The molecular formula is C17H21N3O3. The Bertz CT molecular complexity index is 767. The lowest BCUT2D eigenvalue weighted by Crippen LogP contribution is -2.43. The number of oxazole rings is 1. The van der Waals surface area contributed by atoms with E-state index in [2.05, 4.69) is 10.2 Å². The molecule has 0 radical (unpaired) electrons. The largest absolute Gasteiger partial charge is 0.420 e. The number of rotatable bonds is 4. The highest BCUT2D eigenvalue weighted by molar-refractivity contribution is 5.78. The van der Waals surface area contributed by atoms with Gasteiger partial charge in [0.15, 0.2) is 5.58 Å². The first-order chi connectivity index (χ1) is 11.2. The molecule has 0 atom stereocenters. The van der Waals surface area contributed by atoms with E-state index in [1.54, 1.807) is 4.57 Å². The van der Waals surface area contributed by atoms with E-state index in [0.717, 1.165) is 44.3 Å². The second-order valence-corrected chi connectivity index (χ2v) is 6.55. The topological polar surface area (TPSA) is 67.5 Å². The summed E-state index contributed by atoms with van der Waals surface area (Å²) in [6, 6.07) is 8.10. The summed E-state index contributed by atoms with van der Waals surface area (Å²) in [6.07, 6.45) is 3.95. The first-order valence-corrected chi connectivity index (χ1v) is 8.32. The Hall–Kier alpha value is -2.08. The van der Waals surface area contributed by atoms with Gasteiger partial charge in [0.1, 0.15) is 0 Å². The van der Waals surface area contributed by atoms with Crippen LogP contribution in [0.4, 0.5) is 0 Å². The van der Waals surface area contributed by atoms with Crippen molar-refractivity contribution in [2.24, 2.45) is 0 Å². The van der Waals surface area contributed by atoms with Crippen LogP contribution in [0, 0.1) is 0 Å². The van der Waals surface area contributed by atoms with Crippen molar-refractivity contribution in [3.63, 3.8) is 0 Å². The van der Waals surface area contributed by atoms with Gasteiger partial charge in [-0.2, -0.15) is 0 Å². The van der Waals surface area contributed by atoms with Gasteiger partial charge in [-0.25, -0.2) is 4.79 Å². The molecule has 2 fully saturated rings. The molecule has 6 heteroatoms. The van der Waals surface area contributed by atoms with Gasteiger partial charge in [0.2, 0.25) is 5.91 Å². The molecule has 1 aliphatic heterocycles. The van der Waals surface area contributed by atoms with Crippen LogP contribution in [-0.4, -0.2) is 41.1 Å². The maximum atomic E-state index is 12.1. The number of carbonyl (C=O) groups is 1. The average molecular weight is 315 g/mol. The fourth-order valence-corrected chi connectivity index (χ4v) is 3.37. The molecular weight excluding hydrogens is 294 g/mol. The lowest BCUT2D eigenvalue weighted by molar-refractivity contribution is -0.122. The van der Waals surface area contributed by atoms with Crippen molar-refractivity contribution < 1.29 is 9.21 Å². The molecule has 2 heterocycles. The zero-order chi connectivity index (χ0) is 15.8. The number of benzene rings is 1. The van der Waals surface area contributed by atoms with Crippen LogP contribution >= 0.6 is 0 Å². The Morgan fingerprint density at radius 2 is 1.91 bits per heavy atom. The summed E-state index contributed by atoms with van der Waals surface area (Å²) in [6.45, 7) is 2.12. The van der Waals surface area contributed by atoms with Crippen molar-refractivity contribution in [3.8, 4) is 0 Å². The summed E-state index contributed by atoms with van der Waals surface area (Å²) in [7, 11) is 0. The molecule has 1 aromatic heterocycles. The van der Waals surface area contributed by atoms with Gasteiger partial charge in [0.05, 0.1) is 12.1 Å². The van der Waals surface area contributed by atoms with Crippen LogP contribution < -0.4 is 11.1 Å². The molecule has 2 aliphatic rings. The van der Waals surface area contributed by atoms with Gasteiger partial charge in [-0.15, -0.1) is 0 Å². The molecule has 1 aromatic carbocycles. The maximum absolute atomic E-state index is 12.1. The van der Waals surface area contributed by atoms with Crippen LogP contribution in [0.3, 0.4) is 0 Å². The van der Waals surface area contributed by atoms with E-state index in [0.29, 0.717) is 18.2 Å². The quantitative estimate of drug-likeness (QED) is 0.929. The molecule has 4 rings (SSSR count). The van der Waals surface area contributed by atoms with E-state index in [-0.39, 0.29) is 17.7 Å². The Kier molecular flexibility index (Phi) is 3.69. The number of hydrogen-bond donors (Lipinski definition) is 1. The first-order valence-electron chi connectivity index (χ1n) is 8.32. The van der Waals surface area contributed by atoms with E-state index >= 15 is 0 Å². The molecule has 0 spiro atoms. The second-order valence-electron chi connectivity index (χ2n) is 6.55. The number of amides is 1. The summed E-state index contributed by atoms with van der Waals surface area (Å²) < 4.78 is 7.10. The second kappa shape index (κ2) is 5.85. The lowest BCUT2D eigenvalue weighted by Gasteiger charge is -2.31. The average Bonchev–Trinajstić information content (AvgIpc) is 3.28. The molecule has 6 nitrogen and oxygen atoms in total. The van der Waals surface area contributed by atoms with Crippen molar-refractivity contribution >= 4 is 17.0 Å². The minimum Gasteiger partial charge on any atom is -0.408 e. The number of fused-ring (bicyclic) bond motifs is 1. The van der Waals surface area contributed by atoms with Crippen LogP contribution in [0.2, 0.25) is 0 Å². The van der Waals surface area contributed by atoms with Gasteiger partial charge in [-0.1, -0.05) is 12.1 Å². The molecule has 23 heavy (non-hydrogen) atoms. The van der Waals surface area contributed by atoms with E-state index in [9.17, 15) is 9.59 Å². The highest BCUT2D eigenvalue weighted by Gasteiger charge is 2.27. The van der Waals surface area contributed by atoms with E-state index in [1.165, 1.54) is 0 Å². The van der Waals surface area contributed by atoms with Crippen LogP contribution in [0.25, 0.3) is 11.1 Å². The van der Waals surface area contributed by atoms with Crippen LogP contribution in [0.5, 0.6) is 0 Å². The number of aromatic nitrogens is 1. The third kappa shape index (κ3) is 3.03. The fraction of sp³-hybridized carbons (Fsp3) is 0.529. The van der Waals surface area contributed by atoms with E-state index in [1.807, 2.05) is 24.3 Å². The van der Waals surface area contributed by atoms with Gasteiger partial charge in [-0.3, -0.25) is 14.3 Å². The monoisotopic (exact) mass is 315 g/mol. The zero-order valence-corrected chi connectivity index (χ0v) is 13.0. The summed E-state index contributed by atoms with van der Waals surface area (Å²) >= 11 is 0. The standard InChI is InChI=1S/C17H21N3O3/c21-16(18-12-5-6-12)11-19-9-7-13(8-10-19)20-14-3-1-2-4-15(14)23-17(20)22/h1-4,12-13H,5-11H2,(H,18,21). The van der Waals surface area contributed by atoms with Crippen molar-refractivity contribution in [3.05, 3.63) is 34.8 Å². The number of nitrogens with zero attached hydrogens (tertiary/aromatic N) is 2. The molecule has 1 saturated carbocycles. The van der Waals surface area contributed by atoms with Gasteiger partial charge in [0.25, 0.3) is 0 Å². The predicted octanol–water partition coefficient (Wildman–Crippen LogP) is 1.51. The van der Waals surface area contributed by atoms with E-state index in [4.69, 9.17) is 4.42 Å². The molecule has 1 amide bonds. The smallest absolute Gasteiger partial charge is 0.408 e. The molecule has 1 saturated heterocycles. The summed E-state index contributed by atoms with van der Waals surface area (Å²) in [5, 5.41) is 3.02. The number of nitrogens with one attached hydrogen (secondary N) is 1. The first kappa shape index (κ1) is 14.5. The summed E-state index contributed by atoms with van der Waals surface area (Å²) in [4.78, 5) is 26.2. The van der Waals surface area contributed by atoms with E-state index < -0.39 is 0 Å². The van der Waals surface area contributed by atoms with Gasteiger partial charge >= 0.3 is 5.76 Å². The fourth-order valence-electron chi connectivity index (χ4n) is 3.37. The van der Waals surface area contributed by atoms with Crippen molar-refractivity contribution in [2.75, 3.05) is 19.6 Å². The Labute approximate surface area is 134 Å². The highest BCUT2D eigenvalue weighted by Crippen LogP contribution is 2.25. The molecule has 1 N–H and O–H groups in total. The Morgan fingerprint density at radius 3 is 2.65 bits per heavy atom. The molecule has 0 unspecified atom stereocenters. The van der Waals surface area contributed by atoms with Gasteiger partial charge in [-0.05, 0) is 37.8 Å². The number of hydrogen-bond acceptors (Lipinski definition) is 4.